The van der Waals surface area contributed by atoms with Crippen LogP contribution in [0.15, 0.2) is 18.2 Å². The van der Waals surface area contributed by atoms with Crippen LogP contribution in [-0.4, -0.2) is 18.4 Å². The van der Waals surface area contributed by atoms with Crippen molar-refractivity contribution < 1.29 is 14.3 Å². The Bertz CT molecular complexity index is 517. The van der Waals surface area contributed by atoms with E-state index >= 15 is 0 Å². The highest BCUT2D eigenvalue weighted by atomic mass is 16.5. The maximum Gasteiger partial charge on any atom is 0.318 e. The predicted octanol–water partition coefficient (Wildman–Crippen LogP) is 2.33. The van der Waals surface area contributed by atoms with Gasteiger partial charge in [0.25, 0.3) is 0 Å². The second kappa shape index (κ2) is 4.33. The van der Waals surface area contributed by atoms with E-state index in [4.69, 9.17) is 9.47 Å². The van der Waals surface area contributed by atoms with Gasteiger partial charge in [-0.2, -0.15) is 0 Å². The summed E-state index contributed by atoms with van der Waals surface area (Å²) in [7, 11) is 0. The van der Waals surface area contributed by atoms with Crippen LogP contribution in [0.2, 0.25) is 0 Å². The summed E-state index contributed by atoms with van der Waals surface area (Å²) in [6, 6.07) is 5.61. The molecule has 0 radical (unpaired) electrons. The maximum atomic E-state index is 11.6. The molecule has 2 bridgehead atoms. The molecule has 0 aliphatic carbocycles. The summed E-state index contributed by atoms with van der Waals surface area (Å²) in [4.78, 5) is 11.6. The van der Waals surface area contributed by atoms with E-state index in [0.717, 1.165) is 29.9 Å². The summed E-state index contributed by atoms with van der Waals surface area (Å²) in [5.74, 6) is 1.58. The Labute approximate surface area is 112 Å². The smallest absolute Gasteiger partial charge is 0.318 e. The normalized spacial score (nSPS) is 27.7. The monoisotopic (exact) mass is 262 g/mol. The number of rotatable bonds is 3. The fraction of sp³-hybridized carbons (Fsp3) is 0.500. The van der Waals surface area contributed by atoms with Gasteiger partial charge in [-0.05, 0) is 25.5 Å². The molecular formula is C14H18N2O3. The molecule has 2 unspecified atom stereocenters. The van der Waals surface area contributed by atoms with Crippen LogP contribution in [0, 0.1) is 0 Å². The summed E-state index contributed by atoms with van der Waals surface area (Å²) < 4.78 is 11.5. The van der Waals surface area contributed by atoms with Crippen LogP contribution in [0.4, 0.5) is 4.79 Å². The molecule has 3 rings (SSSR count). The predicted molar refractivity (Wildman–Crippen MR) is 70.3 cm³/mol. The zero-order chi connectivity index (χ0) is 13.5. The Morgan fingerprint density at radius 1 is 1.53 bits per heavy atom. The van der Waals surface area contributed by atoms with Crippen molar-refractivity contribution in [3.05, 3.63) is 23.8 Å². The number of nitrogens with one attached hydrogen (secondary N) is 2. The number of fused-ring (bicyclic) bond motifs is 4. The molecule has 2 heterocycles. The van der Waals surface area contributed by atoms with E-state index in [2.05, 4.69) is 17.6 Å². The van der Waals surface area contributed by atoms with E-state index < -0.39 is 5.72 Å². The van der Waals surface area contributed by atoms with Gasteiger partial charge in [0, 0.05) is 18.1 Å². The standard InChI is InChI=1S/C14H18N2O3/c1-3-6-18-9-4-5-10-11-8-14(2,16-13(17)15-11)19-12(10)7-9/h4-5,7,11H,3,6,8H2,1-2H3,(H2,15,16,17). The molecule has 1 fully saturated rings. The zero-order valence-corrected chi connectivity index (χ0v) is 11.2. The molecule has 1 aromatic rings. The minimum atomic E-state index is -0.636. The summed E-state index contributed by atoms with van der Waals surface area (Å²) in [6.45, 7) is 4.65. The Kier molecular flexibility index (Phi) is 2.77. The molecule has 1 saturated heterocycles. The van der Waals surface area contributed by atoms with Crippen molar-refractivity contribution in [2.75, 3.05) is 6.61 Å². The minimum absolute atomic E-state index is 0.00252. The highest BCUT2D eigenvalue weighted by Gasteiger charge is 2.43. The van der Waals surface area contributed by atoms with Gasteiger partial charge < -0.3 is 20.1 Å². The van der Waals surface area contributed by atoms with Gasteiger partial charge in [0.2, 0.25) is 0 Å². The number of ether oxygens (including phenoxy) is 2. The lowest BCUT2D eigenvalue weighted by atomic mass is 9.92. The van der Waals surface area contributed by atoms with E-state index in [1.807, 2.05) is 25.1 Å². The largest absolute Gasteiger partial charge is 0.493 e. The van der Waals surface area contributed by atoms with Gasteiger partial charge in [0.15, 0.2) is 5.72 Å². The number of hydrogen-bond acceptors (Lipinski definition) is 3. The quantitative estimate of drug-likeness (QED) is 0.879. The average Bonchev–Trinajstić information content (AvgIpc) is 2.34. The van der Waals surface area contributed by atoms with Crippen molar-refractivity contribution in [3.8, 4) is 11.5 Å². The first kappa shape index (κ1) is 12.1. The van der Waals surface area contributed by atoms with Gasteiger partial charge in [-0.15, -0.1) is 0 Å². The fourth-order valence-corrected chi connectivity index (χ4v) is 2.62. The topological polar surface area (TPSA) is 59.6 Å². The highest BCUT2D eigenvalue weighted by Crippen LogP contribution is 2.41. The van der Waals surface area contributed by atoms with E-state index in [9.17, 15) is 4.79 Å². The minimum Gasteiger partial charge on any atom is -0.493 e. The van der Waals surface area contributed by atoms with Crippen molar-refractivity contribution in [2.45, 2.75) is 38.5 Å². The van der Waals surface area contributed by atoms with Crippen LogP contribution in [0.25, 0.3) is 0 Å². The Morgan fingerprint density at radius 3 is 3.16 bits per heavy atom. The van der Waals surface area contributed by atoms with Gasteiger partial charge in [-0.25, -0.2) is 4.79 Å². The molecule has 2 N–H and O–H groups in total. The summed E-state index contributed by atoms with van der Waals surface area (Å²) in [5, 5.41) is 5.74. The molecule has 102 valence electrons. The van der Waals surface area contributed by atoms with Gasteiger partial charge in [-0.1, -0.05) is 6.92 Å². The molecule has 19 heavy (non-hydrogen) atoms. The maximum absolute atomic E-state index is 11.6. The molecular weight excluding hydrogens is 244 g/mol. The molecule has 2 aliphatic rings. The third-order valence-corrected chi connectivity index (χ3v) is 3.45. The van der Waals surface area contributed by atoms with Crippen LogP contribution in [-0.2, 0) is 0 Å². The number of carbonyl (C=O) groups excluding carboxylic acids is 1. The van der Waals surface area contributed by atoms with Crippen LogP contribution < -0.4 is 20.1 Å². The Morgan fingerprint density at radius 2 is 2.37 bits per heavy atom. The molecule has 0 aromatic heterocycles. The first-order valence-corrected chi connectivity index (χ1v) is 6.64. The lowest BCUT2D eigenvalue weighted by molar-refractivity contribution is 0.0116. The Hall–Kier alpha value is -1.91. The first-order valence-electron chi connectivity index (χ1n) is 6.64. The molecule has 1 aromatic carbocycles. The molecule has 0 spiro atoms. The lowest BCUT2D eigenvalue weighted by Gasteiger charge is -2.44. The van der Waals surface area contributed by atoms with Crippen molar-refractivity contribution in [1.82, 2.24) is 10.6 Å². The van der Waals surface area contributed by atoms with Crippen molar-refractivity contribution in [3.63, 3.8) is 0 Å². The van der Waals surface area contributed by atoms with Crippen molar-refractivity contribution in [2.24, 2.45) is 0 Å². The van der Waals surface area contributed by atoms with Crippen LogP contribution >= 0.6 is 0 Å². The molecule has 5 heteroatoms. The van der Waals surface area contributed by atoms with Gasteiger partial charge >= 0.3 is 6.03 Å². The van der Waals surface area contributed by atoms with Crippen LogP contribution in [0.3, 0.4) is 0 Å². The van der Waals surface area contributed by atoms with Crippen molar-refractivity contribution in [1.29, 1.82) is 0 Å². The highest BCUT2D eigenvalue weighted by molar-refractivity contribution is 5.77. The summed E-state index contributed by atoms with van der Waals surface area (Å²) >= 11 is 0. The second-order valence-corrected chi connectivity index (χ2v) is 5.24. The number of amides is 2. The van der Waals surface area contributed by atoms with E-state index in [-0.39, 0.29) is 12.1 Å². The summed E-state index contributed by atoms with van der Waals surface area (Å²) in [6.07, 6.45) is 1.69. The third kappa shape index (κ3) is 2.20. The van der Waals surface area contributed by atoms with Gasteiger partial charge in [0.05, 0.1) is 12.6 Å². The molecule has 2 atom stereocenters. The molecule has 2 amide bonds. The SMILES string of the molecule is CCCOc1ccc2c(c1)OC1(C)CC2NC(=O)N1. The molecule has 5 nitrogen and oxygen atoms in total. The number of carbonyl (C=O) groups is 1. The zero-order valence-electron chi connectivity index (χ0n) is 11.2. The summed E-state index contributed by atoms with van der Waals surface area (Å²) in [5.41, 5.74) is 0.375. The second-order valence-electron chi connectivity index (χ2n) is 5.24. The number of hydrogen-bond donors (Lipinski definition) is 2. The van der Waals surface area contributed by atoms with Gasteiger partial charge in [0.1, 0.15) is 11.5 Å². The number of urea groups is 1. The number of benzene rings is 1. The van der Waals surface area contributed by atoms with E-state index in [0.29, 0.717) is 6.61 Å². The lowest BCUT2D eigenvalue weighted by Crippen LogP contribution is -2.62. The third-order valence-electron chi connectivity index (χ3n) is 3.45. The Balaban J connectivity index is 1.92. The molecule has 0 saturated carbocycles. The van der Waals surface area contributed by atoms with E-state index in [1.165, 1.54) is 0 Å². The van der Waals surface area contributed by atoms with Gasteiger partial charge in [-0.3, -0.25) is 0 Å². The van der Waals surface area contributed by atoms with Crippen LogP contribution in [0.5, 0.6) is 11.5 Å². The van der Waals surface area contributed by atoms with E-state index in [1.54, 1.807) is 0 Å². The molecule has 2 aliphatic heterocycles. The average molecular weight is 262 g/mol. The first-order chi connectivity index (χ1) is 9.09. The van der Waals surface area contributed by atoms with Crippen LogP contribution in [0.1, 0.15) is 38.3 Å². The fourth-order valence-electron chi connectivity index (χ4n) is 2.62. The van der Waals surface area contributed by atoms with Crippen molar-refractivity contribution >= 4 is 6.03 Å².